The topological polar surface area (TPSA) is 95.9 Å². The van der Waals surface area contributed by atoms with Crippen molar-refractivity contribution in [2.45, 2.75) is 87.0 Å². The number of rotatable bonds is 4. The summed E-state index contributed by atoms with van der Waals surface area (Å²) in [7, 11) is 0. The predicted octanol–water partition coefficient (Wildman–Crippen LogP) is 0.372. The van der Waals surface area contributed by atoms with Crippen molar-refractivity contribution in [3.05, 3.63) is 0 Å². The van der Waals surface area contributed by atoms with Crippen molar-refractivity contribution in [1.82, 2.24) is 15.1 Å². The monoisotopic (exact) mass is 497 g/mol. The Kier molecular flexibility index (Phi) is 9.00. The molecule has 0 radical (unpaired) electrons. The summed E-state index contributed by atoms with van der Waals surface area (Å²) in [4.78, 5) is 4.62. The van der Waals surface area contributed by atoms with Crippen LogP contribution in [0.15, 0.2) is 0 Å². The molecule has 9 heteroatoms. The highest BCUT2D eigenvalue weighted by Gasteiger charge is 2.41. The van der Waals surface area contributed by atoms with Gasteiger partial charge in [0.15, 0.2) is 0 Å². The van der Waals surface area contributed by atoms with Crippen LogP contribution < -0.4 is 5.32 Å². The summed E-state index contributed by atoms with van der Waals surface area (Å²) in [5.74, 6) is 0. The van der Waals surface area contributed by atoms with Crippen molar-refractivity contribution in [3.8, 4) is 0 Å². The average molecular weight is 498 g/mol. The van der Waals surface area contributed by atoms with Gasteiger partial charge >= 0.3 is 0 Å². The van der Waals surface area contributed by atoms with E-state index in [1.165, 1.54) is 25.7 Å². The lowest BCUT2D eigenvalue weighted by atomic mass is 9.95. The molecular weight excluding hydrogens is 450 g/mol. The largest absolute Gasteiger partial charge is 0.384 e. The summed E-state index contributed by atoms with van der Waals surface area (Å²) in [6, 6.07) is 0. The van der Waals surface area contributed by atoms with E-state index < -0.39 is 11.2 Å². The highest BCUT2D eigenvalue weighted by molar-refractivity contribution is 4.91. The van der Waals surface area contributed by atoms with Crippen molar-refractivity contribution in [2.75, 3.05) is 78.8 Å². The zero-order valence-corrected chi connectivity index (χ0v) is 21.4. The molecule has 3 N–H and O–H groups in total. The molecule has 0 amide bonds. The van der Waals surface area contributed by atoms with Crippen LogP contribution in [0.25, 0.3) is 0 Å². The van der Waals surface area contributed by atoms with Gasteiger partial charge in [0.05, 0.1) is 50.8 Å². The minimum Gasteiger partial charge on any atom is -0.384 e. The lowest BCUT2D eigenvalue weighted by Crippen LogP contribution is -2.53. The summed E-state index contributed by atoms with van der Waals surface area (Å²) in [5.41, 5.74) is -1.98. The maximum absolute atomic E-state index is 11.4. The zero-order valence-electron chi connectivity index (χ0n) is 21.4. The average Bonchev–Trinajstić information content (AvgIpc) is 3.08. The van der Waals surface area contributed by atoms with E-state index in [1.807, 2.05) is 0 Å². The lowest BCUT2D eigenvalue weighted by Gasteiger charge is -2.35. The number of hydrogen-bond donors (Lipinski definition) is 3. The first-order chi connectivity index (χ1) is 17.0. The molecule has 2 aliphatic carbocycles. The van der Waals surface area contributed by atoms with Crippen molar-refractivity contribution >= 4 is 0 Å². The van der Waals surface area contributed by atoms with E-state index in [0.29, 0.717) is 39.5 Å². The summed E-state index contributed by atoms with van der Waals surface area (Å²) in [6.07, 6.45) is 9.34. The summed E-state index contributed by atoms with van der Waals surface area (Å²) in [5, 5.41) is 26.3. The third-order valence-electron chi connectivity index (χ3n) is 8.53. The van der Waals surface area contributed by atoms with Gasteiger partial charge in [-0.05, 0) is 25.7 Å². The molecule has 4 atom stereocenters. The molecule has 3 aliphatic heterocycles. The van der Waals surface area contributed by atoms with Crippen LogP contribution in [0.1, 0.15) is 51.4 Å². The Bertz CT molecular complexity index is 583. The summed E-state index contributed by atoms with van der Waals surface area (Å²) >= 11 is 0. The van der Waals surface area contributed by atoms with Crippen LogP contribution in [-0.2, 0) is 18.9 Å². The van der Waals surface area contributed by atoms with E-state index in [4.69, 9.17) is 18.9 Å². The molecule has 4 unspecified atom stereocenters. The van der Waals surface area contributed by atoms with Crippen molar-refractivity contribution < 1.29 is 29.2 Å². The van der Waals surface area contributed by atoms with Crippen LogP contribution in [0.3, 0.4) is 0 Å². The molecule has 2 saturated carbocycles. The minimum atomic E-state index is -0.992. The molecule has 202 valence electrons. The molecule has 5 rings (SSSR count). The highest BCUT2D eigenvalue weighted by Crippen LogP contribution is 2.30. The van der Waals surface area contributed by atoms with Crippen LogP contribution in [0.2, 0.25) is 0 Å². The van der Waals surface area contributed by atoms with Gasteiger partial charge in [-0.1, -0.05) is 25.7 Å². The molecule has 0 aromatic carbocycles. The predicted molar refractivity (Wildman–Crippen MR) is 132 cm³/mol. The number of nitrogens with one attached hydrogen (secondary N) is 1. The van der Waals surface area contributed by atoms with Crippen LogP contribution in [0.4, 0.5) is 0 Å². The summed E-state index contributed by atoms with van der Waals surface area (Å²) in [6.45, 7) is 7.50. The second kappa shape index (κ2) is 12.0. The standard InChI is InChI=1S/C26H47N3O6/c30-25(17-32-21-5-1-2-6-22(21)33-18-25)15-28-11-9-27-10-12-29(14-13-28)16-26(31)19-34-23-7-3-4-8-24(23)35-20-26/h21-24,27,30-31H,1-20H2. The normalized spacial score (nSPS) is 43.0. The Morgan fingerprint density at radius 3 is 1.26 bits per heavy atom. The number of β-amino-alcohol motifs (C(OH)–C–C–N with tert-alkyl or cyclic N) is 2. The second-order valence-electron chi connectivity index (χ2n) is 11.7. The van der Waals surface area contributed by atoms with Gasteiger partial charge in [0.25, 0.3) is 0 Å². The van der Waals surface area contributed by atoms with Gasteiger partial charge in [-0.2, -0.15) is 0 Å². The van der Waals surface area contributed by atoms with Crippen LogP contribution in [-0.4, -0.2) is 134 Å². The Morgan fingerprint density at radius 2 is 0.914 bits per heavy atom. The molecule has 3 heterocycles. The Balaban J connectivity index is 1.15. The fourth-order valence-electron chi connectivity index (χ4n) is 6.46. The maximum atomic E-state index is 11.4. The molecule has 35 heavy (non-hydrogen) atoms. The minimum absolute atomic E-state index is 0.124. The first-order valence-corrected chi connectivity index (χ1v) is 14.1. The van der Waals surface area contributed by atoms with Gasteiger partial charge < -0.3 is 34.5 Å². The van der Waals surface area contributed by atoms with Crippen molar-refractivity contribution in [1.29, 1.82) is 0 Å². The fraction of sp³-hybridized carbons (Fsp3) is 1.00. The van der Waals surface area contributed by atoms with E-state index >= 15 is 0 Å². The van der Waals surface area contributed by atoms with E-state index in [-0.39, 0.29) is 24.4 Å². The van der Waals surface area contributed by atoms with E-state index in [9.17, 15) is 10.2 Å². The first kappa shape index (κ1) is 26.3. The molecule has 5 aliphatic rings. The fourth-order valence-corrected chi connectivity index (χ4v) is 6.46. The smallest absolute Gasteiger partial charge is 0.124 e. The quantitative estimate of drug-likeness (QED) is 0.509. The molecule has 0 aromatic heterocycles. The van der Waals surface area contributed by atoms with Crippen molar-refractivity contribution in [2.24, 2.45) is 0 Å². The van der Waals surface area contributed by atoms with Gasteiger partial charge in [0.1, 0.15) is 11.2 Å². The number of hydrogen-bond acceptors (Lipinski definition) is 9. The van der Waals surface area contributed by atoms with Gasteiger partial charge in [-0.3, -0.25) is 9.80 Å². The van der Waals surface area contributed by atoms with Crippen molar-refractivity contribution in [3.63, 3.8) is 0 Å². The van der Waals surface area contributed by atoms with Gasteiger partial charge in [0.2, 0.25) is 0 Å². The van der Waals surface area contributed by atoms with Gasteiger partial charge in [0, 0.05) is 52.4 Å². The first-order valence-electron chi connectivity index (χ1n) is 14.1. The highest BCUT2D eigenvalue weighted by atomic mass is 16.6. The number of nitrogens with zero attached hydrogens (tertiary/aromatic N) is 2. The molecule has 9 nitrogen and oxygen atoms in total. The maximum Gasteiger partial charge on any atom is 0.124 e. The van der Waals surface area contributed by atoms with E-state index in [0.717, 1.165) is 65.0 Å². The Labute approximate surface area is 210 Å². The second-order valence-corrected chi connectivity index (χ2v) is 11.7. The van der Waals surface area contributed by atoms with Crippen LogP contribution >= 0.6 is 0 Å². The zero-order chi connectivity index (χ0) is 24.1. The SMILES string of the molecule is OC1(CN2CCNCCN(CC3(O)COC4CCCCC4OC3)CC2)COC2CCCCC2OC1. The lowest BCUT2D eigenvalue weighted by molar-refractivity contribution is -0.0874. The third-order valence-corrected chi connectivity index (χ3v) is 8.53. The van der Waals surface area contributed by atoms with Crippen LogP contribution in [0, 0.1) is 0 Å². The van der Waals surface area contributed by atoms with Crippen LogP contribution in [0.5, 0.6) is 0 Å². The molecule has 0 spiro atoms. The Hall–Kier alpha value is -0.360. The molecule has 0 bridgehead atoms. The number of aliphatic hydroxyl groups is 2. The third kappa shape index (κ3) is 7.15. The summed E-state index contributed by atoms with van der Waals surface area (Å²) < 4.78 is 24.6. The van der Waals surface area contributed by atoms with E-state index in [1.54, 1.807) is 0 Å². The van der Waals surface area contributed by atoms with E-state index in [2.05, 4.69) is 15.1 Å². The molecule has 0 aromatic rings. The Morgan fingerprint density at radius 1 is 0.571 bits per heavy atom. The molecule has 3 saturated heterocycles. The molecular formula is C26H47N3O6. The molecule has 5 fully saturated rings. The van der Waals surface area contributed by atoms with Gasteiger partial charge in [-0.15, -0.1) is 0 Å². The number of fused-ring (bicyclic) bond motifs is 2. The van der Waals surface area contributed by atoms with Gasteiger partial charge in [-0.25, -0.2) is 0 Å². The number of ether oxygens (including phenoxy) is 4.